The standard InChI is InChI=1S/C24H32F3N9/c1-5-20-31-22(34-23(32-20)36-13-11-35(4)12-14-36)33-21(28)29-15-19(16(2)24(25,26)27)17(3)30-18-9-7-6-8-10-18/h6-10,15-16,30H,3,5,11-14H2,1-2,4H3,(H3,28,29,31,32,33,34)/b19-15+. The van der Waals surface area contributed by atoms with Crippen molar-refractivity contribution in [1.29, 1.82) is 0 Å². The molecule has 2 aromatic rings. The molecule has 0 amide bonds. The van der Waals surface area contributed by atoms with Gasteiger partial charge in [-0.25, -0.2) is 4.99 Å². The number of rotatable bonds is 8. The van der Waals surface area contributed by atoms with E-state index in [0.717, 1.165) is 39.3 Å². The average Bonchev–Trinajstić information content (AvgIpc) is 2.84. The number of nitrogens with two attached hydrogens (primary N) is 1. The third-order valence-electron chi connectivity index (χ3n) is 5.73. The van der Waals surface area contributed by atoms with E-state index in [1.807, 2.05) is 6.92 Å². The monoisotopic (exact) mass is 503 g/mol. The number of para-hydroxylation sites is 1. The molecule has 0 aliphatic carbocycles. The Hall–Kier alpha value is -3.67. The Morgan fingerprint density at radius 3 is 2.42 bits per heavy atom. The Morgan fingerprint density at radius 2 is 1.81 bits per heavy atom. The van der Waals surface area contributed by atoms with Gasteiger partial charge in [-0.1, -0.05) is 31.7 Å². The van der Waals surface area contributed by atoms with E-state index in [0.29, 0.717) is 23.9 Å². The Morgan fingerprint density at radius 1 is 1.14 bits per heavy atom. The van der Waals surface area contributed by atoms with Crippen molar-refractivity contribution in [3.63, 3.8) is 0 Å². The SMILES string of the molecule is C=C(Nc1ccccc1)/C(=C/N=C(N)Nc1nc(CC)nc(N2CCN(C)CC2)n1)C(C)C(F)(F)F. The summed E-state index contributed by atoms with van der Waals surface area (Å²) in [5.41, 5.74) is 6.51. The summed E-state index contributed by atoms with van der Waals surface area (Å²) < 4.78 is 40.7. The highest BCUT2D eigenvalue weighted by atomic mass is 19.4. The molecule has 12 heteroatoms. The van der Waals surface area contributed by atoms with Crippen LogP contribution < -0.4 is 21.3 Å². The van der Waals surface area contributed by atoms with Crippen LogP contribution in [0.5, 0.6) is 0 Å². The minimum atomic E-state index is -4.49. The summed E-state index contributed by atoms with van der Waals surface area (Å²) in [5.74, 6) is -0.723. The van der Waals surface area contributed by atoms with Crippen molar-refractivity contribution in [2.24, 2.45) is 16.6 Å². The molecular formula is C24H32F3N9. The molecular weight excluding hydrogens is 471 g/mol. The first-order valence-corrected chi connectivity index (χ1v) is 11.6. The Labute approximate surface area is 209 Å². The maximum absolute atomic E-state index is 13.6. The van der Waals surface area contributed by atoms with Gasteiger partial charge in [0.15, 0.2) is 5.96 Å². The molecule has 1 aromatic heterocycles. The van der Waals surface area contributed by atoms with E-state index < -0.39 is 12.1 Å². The third kappa shape index (κ3) is 7.41. The van der Waals surface area contributed by atoms with Gasteiger partial charge >= 0.3 is 6.18 Å². The predicted octanol–water partition coefficient (Wildman–Crippen LogP) is 3.62. The number of aliphatic imine (C=N–C) groups is 1. The molecule has 0 bridgehead atoms. The number of alkyl halides is 3. The second kappa shape index (κ2) is 11.8. The first-order valence-electron chi connectivity index (χ1n) is 11.6. The number of allylic oxidation sites excluding steroid dienone is 1. The molecule has 0 spiro atoms. The summed E-state index contributed by atoms with van der Waals surface area (Å²) in [6.45, 7) is 10.1. The van der Waals surface area contributed by atoms with E-state index in [1.54, 1.807) is 30.3 Å². The van der Waals surface area contributed by atoms with Crippen molar-refractivity contribution in [2.75, 3.05) is 48.8 Å². The lowest BCUT2D eigenvalue weighted by molar-refractivity contribution is -0.158. The molecule has 1 unspecified atom stereocenters. The summed E-state index contributed by atoms with van der Waals surface area (Å²) in [6.07, 6.45) is -2.86. The van der Waals surface area contributed by atoms with Gasteiger partial charge in [-0.15, -0.1) is 0 Å². The van der Waals surface area contributed by atoms with Crippen LogP contribution in [0.2, 0.25) is 0 Å². The minimum Gasteiger partial charge on any atom is -0.369 e. The molecule has 0 saturated carbocycles. The zero-order valence-corrected chi connectivity index (χ0v) is 20.7. The molecule has 9 nitrogen and oxygen atoms in total. The fourth-order valence-corrected chi connectivity index (χ4v) is 3.45. The second-order valence-corrected chi connectivity index (χ2v) is 8.48. The number of halogens is 3. The second-order valence-electron chi connectivity index (χ2n) is 8.48. The van der Waals surface area contributed by atoms with Crippen LogP contribution in [0.3, 0.4) is 0 Å². The fraction of sp³-hybridized carbons (Fsp3) is 0.417. The molecule has 1 fully saturated rings. The van der Waals surface area contributed by atoms with Crippen molar-refractivity contribution in [1.82, 2.24) is 19.9 Å². The maximum atomic E-state index is 13.6. The number of benzene rings is 1. The lowest BCUT2D eigenvalue weighted by Crippen LogP contribution is -2.45. The molecule has 2 heterocycles. The van der Waals surface area contributed by atoms with Gasteiger partial charge in [0.1, 0.15) is 5.82 Å². The predicted molar refractivity (Wildman–Crippen MR) is 137 cm³/mol. The van der Waals surface area contributed by atoms with Gasteiger partial charge in [-0.05, 0) is 26.1 Å². The normalized spacial score (nSPS) is 16.6. The highest BCUT2D eigenvalue weighted by molar-refractivity contribution is 5.91. The van der Waals surface area contributed by atoms with Gasteiger partial charge in [0.25, 0.3) is 0 Å². The molecule has 1 saturated heterocycles. The molecule has 0 radical (unpaired) electrons. The first-order chi connectivity index (χ1) is 17.1. The minimum absolute atomic E-state index is 0.0633. The highest BCUT2D eigenvalue weighted by Gasteiger charge is 2.39. The molecule has 1 atom stereocenters. The van der Waals surface area contributed by atoms with Crippen LogP contribution in [0.1, 0.15) is 19.7 Å². The molecule has 1 aliphatic rings. The zero-order valence-electron chi connectivity index (χ0n) is 20.7. The van der Waals surface area contributed by atoms with Crippen molar-refractivity contribution in [2.45, 2.75) is 26.4 Å². The number of aryl methyl sites for hydroxylation is 1. The Balaban J connectivity index is 1.83. The van der Waals surface area contributed by atoms with E-state index in [1.165, 1.54) is 0 Å². The van der Waals surface area contributed by atoms with Gasteiger partial charge < -0.3 is 20.9 Å². The van der Waals surface area contributed by atoms with Crippen molar-refractivity contribution < 1.29 is 13.2 Å². The fourth-order valence-electron chi connectivity index (χ4n) is 3.45. The molecule has 194 valence electrons. The number of aromatic nitrogens is 3. The highest BCUT2D eigenvalue weighted by Crippen LogP contribution is 2.34. The zero-order chi connectivity index (χ0) is 26.3. The molecule has 3 rings (SSSR count). The van der Waals surface area contributed by atoms with E-state index in [-0.39, 0.29) is 23.2 Å². The van der Waals surface area contributed by atoms with Gasteiger partial charge in [-0.3, -0.25) is 5.32 Å². The lowest BCUT2D eigenvalue weighted by atomic mass is 9.98. The summed E-state index contributed by atoms with van der Waals surface area (Å²) >= 11 is 0. The lowest BCUT2D eigenvalue weighted by Gasteiger charge is -2.32. The average molecular weight is 504 g/mol. The number of nitrogens with zero attached hydrogens (tertiary/aromatic N) is 6. The van der Waals surface area contributed by atoms with E-state index in [2.05, 4.69) is 54.0 Å². The van der Waals surface area contributed by atoms with Crippen LogP contribution in [0.15, 0.2) is 59.4 Å². The smallest absolute Gasteiger partial charge is 0.369 e. The number of guanidine groups is 1. The molecule has 1 aromatic carbocycles. The Kier molecular flexibility index (Phi) is 8.86. The van der Waals surface area contributed by atoms with Gasteiger partial charge in [0.05, 0.1) is 5.92 Å². The number of hydrogen-bond acceptors (Lipinski definition) is 7. The van der Waals surface area contributed by atoms with Crippen LogP contribution in [-0.4, -0.2) is 65.2 Å². The molecule has 1 aliphatic heterocycles. The Bertz CT molecular complexity index is 1090. The largest absolute Gasteiger partial charge is 0.395 e. The van der Waals surface area contributed by atoms with Crippen LogP contribution >= 0.6 is 0 Å². The van der Waals surface area contributed by atoms with Crippen LogP contribution in [0.4, 0.5) is 30.8 Å². The molecule has 4 N–H and O–H groups in total. The summed E-state index contributed by atoms with van der Waals surface area (Å²) in [6, 6.07) is 8.79. The summed E-state index contributed by atoms with van der Waals surface area (Å²) in [5, 5.41) is 5.67. The topological polar surface area (TPSA) is 108 Å². The van der Waals surface area contributed by atoms with Crippen molar-refractivity contribution in [3.05, 3.63) is 60.2 Å². The van der Waals surface area contributed by atoms with E-state index >= 15 is 0 Å². The van der Waals surface area contributed by atoms with E-state index in [4.69, 9.17) is 5.73 Å². The molecule has 36 heavy (non-hydrogen) atoms. The summed E-state index contributed by atoms with van der Waals surface area (Å²) in [4.78, 5) is 21.6. The maximum Gasteiger partial charge on any atom is 0.395 e. The van der Waals surface area contributed by atoms with Gasteiger partial charge in [0.2, 0.25) is 11.9 Å². The van der Waals surface area contributed by atoms with Gasteiger partial charge in [-0.2, -0.15) is 28.1 Å². The first kappa shape index (κ1) is 26.9. The number of anilines is 3. The van der Waals surface area contributed by atoms with E-state index in [9.17, 15) is 13.2 Å². The van der Waals surface area contributed by atoms with Crippen molar-refractivity contribution in [3.8, 4) is 0 Å². The number of hydrogen-bond donors (Lipinski definition) is 3. The number of piperazine rings is 1. The van der Waals surface area contributed by atoms with Gasteiger partial charge in [0, 0.05) is 55.8 Å². The van der Waals surface area contributed by atoms with Crippen LogP contribution in [0, 0.1) is 5.92 Å². The summed E-state index contributed by atoms with van der Waals surface area (Å²) in [7, 11) is 2.05. The van der Waals surface area contributed by atoms with Crippen LogP contribution in [-0.2, 0) is 6.42 Å². The van der Waals surface area contributed by atoms with Crippen molar-refractivity contribution >= 4 is 23.5 Å². The van der Waals surface area contributed by atoms with Crippen LogP contribution in [0.25, 0.3) is 0 Å². The number of likely N-dealkylation sites (N-methyl/N-ethyl adjacent to an activating group) is 1. The third-order valence-corrected chi connectivity index (χ3v) is 5.73. The quantitative estimate of drug-likeness (QED) is 0.285. The number of nitrogens with one attached hydrogen (secondary N) is 2.